The average molecular weight is 381 g/mol. The number of aromatic nitrogens is 2. The van der Waals surface area contributed by atoms with Crippen LogP contribution in [0.4, 0.5) is 10.1 Å². The van der Waals surface area contributed by atoms with Crippen LogP contribution in [0.5, 0.6) is 0 Å². The van der Waals surface area contributed by atoms with Gasteiger partial charge in [-0.2, -0.15) is 0 Å². The van der Waals surface area contributed by atoms with Crippen molar-refractivity contribution in [1.82, 2.24) is 9.38 Å². The molecule has 0 atom stereocenters. The molecular weight excluding hydrogens is 365 g/mol. The molecule has 1 N–H and O–H groups in total. The molecule has 0 spiro atoms. The summed E-state index contributed by atoms with van der Waals surface area (Å²) in [5.74, 6) is -0.871. The minimum Gasteiger partial charge on any atom is -0.321 e. The molecule has 27 heavy (non-hydrogen) atoms. The third kappa shape index (κ3) is 3.00. The number of fused-ring (bicyclic) bond motifs is 3. The third-order valence-electron chi connectivity index (χ3n) is 4.57. The first-order valence-electron chi connectivity index (χ1n) is 8.34. The number of benzene rings is 2. The Bertz CT molecular complexity index is 1290. The fraction of sp³-hybridized carbons (Fsp3) is 0.150. The number of nitrogens with one attached hydrogen (secondary N) is 1. The lowest BCUT2D eigenvalue weighted by Crippen LogP contribution is -2.17. The van der Waals surface area contributed by atoms with Gasteiger partial charge in [-0.25, -0.2) is 9.37 Å². The number of anilines is 1. The van der Waals surface area contributed by atoms with Crippen LogP contribution >= 0.6 is 11.3 Å². The van der Waals surface area contributed by atoms with Crippen molar-refractivity contribution >= 4 is 38.9 Å². The van der Waals surface area contributed by atoms with E-state index in [0.29, 0.717) is 21.7 Å². The molecule has 136 valence electrons. The number of imidazole rings is 1. The molecule has 0 saturated heterocycles. The molecule has 7 heteroatoms. The van der Waals surface area contributed by atoms with Gasteiger partial charge >= 0.3 is 0 Å². The first-order valence-corrected chi connectivity index (χ1v) is 9.16. The van der Waals surface area contributed by atoms with Gasteiger partial charge in [-0.15, -0.1) is 0 Å². The number of carbonyl (C=O) groups is 1. The van der Waals surface area contributed by atoms with Crippen molar-refractivity contribution in [1.29, 1.82) is 0 Å². The predicted octanol–water partition coefficient (Wildman–Crippen LogP) is 4.23. The minimum absolute atomic E-state index is 0.220. The number of hydrogen-bond acceptors (Lipinski definition) is 4. The van der Waals surface area contributed by atoms with Gasteiger partial charge in [-0.05, 0) is 61.7 Å². The van der Waals surface area contributed by atoms with E-state index in [0.717, 1.165) is 28.0 Å². The molecule has 4 aromatic rings. The van der Waals surface area contributed by atoms with Gasteiger partial charge in [0, 0.05) is 11.8 Å². The molecule has 2 aromatic carbocycles. The van der Waals surface area contributed by atoms with Crippen LogP contribution < -0.4 is 10.9 Å². The van der Waals surface area contributed by atoms with E-state index in [1.54, 1.807) is 19.1 Å². The maximum absolute atomic E-state index is 13.7. The highest BCUT2D eigenvalue weighted by atomic mass is 32.1. The SMILES string of the molecule is Cc1cc2nc3sc(C(=O)Nc4ccc(C)c(F)c4)cc(=O)n3c2cc1C. The summed E-state index contributed by atoms with van der Waals surface area (Å²) >= 11 is 1.12. The normalized spacial score (nSPS) is 11.3. The summed E-state index contributed by atoms with van der Waals surface area (Å²) in [4.78, 5) is 30.3. The summed E-state index contributed by atoms with van der Waals surface area (Å²) in [6, 6.07) is 9.60. The summed E-state index contributed by atoms with van der Waals surface area (Å²) in [5, 5.41) is 2.63. The van der Waals surface area contributed by atoms with Crippen molar-refractivity contribution in [2.24, 2.45) is 0 Å². The van der Waals surface area contributed by atoms with E-state index in [1.165, 1.54) is 16.5 Å². The number of aryl methyl sites for hydroxylation is 3. The molecule has 0 aliphatic carbocycles. The van der Waals surface area contributed by atoms with Crippen molar-refractivity contribution < 1.29 is 9.18 Å². The Labute approximate surface area is 158 Å². The van der Waals surface area contributed by atoms with Gasteiger partial charge in [0.2, 0.25) is 0 Å². The second kappa shape index (κ2) is 6.28. The zero-order valence-electron chi connectivity index (χ0n) is 15.0. The fourth-order valence-electron chi connectivity index (χ4n) is 2.87. The van der Waals surface area contributed by atoms with Gasteiger partial charge in [-0.1, -0.05) is 17.4 Å². The number of carbonyl (C=O) groups excluding carboxylic acids is 1. The zero-order chi connectivity index (χ0) is 19.3. The van der Waals surface area contributed by atoms with Crippen LogP contribution in [0, 0.1) is 26.6 Å². The summed E-state index contributed by atoms with van der Waals surface area (Å²) in [5.41, 5.74) is 4.09. The number of rotatable bonds is 2. The highest BCUT2D eigenvalue weighted by Gasteiger charge is 2.15. The quantitative estimate of drug-likeness (QED) is 0.565. The van der Waals surface area contributed by atoms with Crippen LogP contribution in [-0.4, -0.2) is 15.3 Å². The van der Waals surface area contributed by atoms with Crippen molar-refractivity contribution in [2.45, 2.75) is 20.8 Å². The van der Waals surface area contributed by atoms with Crippen LogP contribution in [0.3, 0.4) is 0 Å². The number of nitrogens with zero attached hydrogens (tertiary/aromatic N) is 2. The first kappa shape index (κ1) is 17.4. The maximum Gasteiger partial charge on any atom is 0.266 e. The summed E-state index contributed by atoms with van der Waals surface area (Å²) < 4.78 is 15.2. The van der Waals surface area contributed by atoms with E-state index in [4.69, 9.17) is 0 Å². The Hall–Kier alpha value is -3.06. The fourth-order valence-corrected chi connectivity index (χ4v) is 3.80. The molecule has 0 unspecified atom stereocenters. The van der Waals surface area contributed by atoms with E-state index in [2.05, 4.69) is 10.3 Å². The van der Waals surface area contributed by atoms with Crippen molar-refractivity contribution in [3.05, 3.63) is 74.1 Å². The van der Waals surface area contributed by atoms with Crippen molar-refractivity contribution in [3.63, 3.8) is 0 Å². The lowest BCUT2D eigenvalue weighted by molar-refractivity contribution is 0.103. The third-order valence-corrected chi connectivity index (χ3v) is 5.55. The second-order valence-corrected chi connectivity index (χ2v) is 7.53. The Morgan fingerprint density at radius 2 is 1.81 bits per heavy atom. The highest BCUT2D eigenvalue weighted by Crippen LogP contribution is 2.23. The molecular formula is C20H16FN3O2S. The van der Waals surface area contributed by atoms with Gasteiger partial charge in [0.15, 0.2) is 4.96 Å². The molecule has 0 bridgehead atoms. The largest absolute Gasteiger partial charge is 0.321 e. The molecule has 0 aliphatic rings. The van der Waals surface area contributed by atoms with E-state index >= 15 is 0 Å². The highest BCUT2D eigenvalue weighted by molar-refractivity contribution is 7.18. The molecule has 0 saturated carbocycles. The van der Waals surface area contributed by atoms with Gasteiger partial charge in [-0.3, -0.25) is 14.0 Å². The lowest BCUT2D eigenvalue weighted by Gasteiger charge is -2.06. The van der Waals surface area contributed by atoms with Crippen molar-refractivity contribution in [3.8, 4) is 0 Å². The Kier molecular flexibility index (Phi) is 4.04. The van der Waals surface area contributed by atoms with Crippen LogP contribution in [0.1, 0.15) is 26.4 Å². The number of amides is 1. The average Bonchev–Trinajstić information content (AvgIpc) is 2.96. The van der Waals surface area contributed by atoms with Crippen LogP contribution in [0.15, 0.2) is 41.2 Å². The molecule has 2 heterocycles. The topological polar surface area (TPSA) is 63.5 Å². The van der Waals surface area contributed by atoms with Gasteiger partial charge in [0.05, 0.1) is 11.0 Å². The molecule has 0 aliphatic heterocycles. The predicted molar refractivity (Wildman–Crippen MR) is 105 cm³/mol. The maximum atomic E-state index is 13.7. The summed E-state index contributed by atoms with van der Waals surface area (Å²) in [6.07, 6.45) is 0. The summed E-state index contributed by atoms with van der Waals surface area (Å²) in [6.45, 7) is 5.61. The lowest BCUT2D eigenvalue weighted by atomic mass is 10.1. The van der Waals surface area contributed by atoms with Gasteiger partial charge < -0.3 is 5.32 Å². The monoisotopic (exact) mass is 381 g/mol. The zero-order valence-corrected chi connectivity index (χ0v) is 15.8. The van der Waals surface area contributed by atoms with E-state index in [-0.39, 0.29) is 10.4 Å². The second-order valence-electron chi connectivity index (χ2n) is 6.52. The molecule has 4 rings (SSSR count). The molecule has 0 fully saturated rings. The standard InChI is InChI=1S/C20H16FN3O2S/c1-10-4-5-13(8-14(10)21)22-19(26)17-9-18(25)24-16-7-12(3)11(2)6-15(16)23-20(24)27-17/h4-9H,1-3H3,(H,22,26). The van der Waals surface area contributed by atoms with Crippen LogP contribution in [0.2, 0.25) is 0 Å². The molecule has 5 nitrogen and oxygen atoms in total. The van der Waals surface area contributed by atoms with Crippen molar-refractivity contribution in [2.75, 3.05) is 5.32 Å². The Morgan fingerprint density at radius 1 is 1.07 bits per heavy atom. The van der Waals surface area contributed by atoms with E-state index in [9.17, 15) is 14.0 Å². The number of hydrogen-bond donors (Lipinski definition) is 1. The van der Waals surface area contributed by atoms with Crippen LogP contribution in [0.25, 0.3) is 16.0 Å². The first-order chi connectivity index (χ1) is 12.8. The Balaban J connectivity index is 1.78. The van der Waals surface area contributed by atoms with E-state index in [1.807, 2.05) is 26.0 Å². The van der Waals surface area contributed by atoms with E-state index < -0.39 is 11.7 Å². The van der Waals surface area contributed by atoms with Crippen LogP contribution in [-0.2, 0) is 0 Å². The van der Waals surface area contributed by atoms with Gasteiger partial charge in [0.25, 0.3) is 11.5 Å². The Morgan fingerprint density at radius 3 is 2.56 bits per heavy atom. The summed E-state index contributed by atoms with van der Waals surface area (Å²) in [7, 11) is 0. The minimum atomic E-state index is -0.470. The molecule has 0 radical (unpaired) electrons. The molecule has 1 amide bonds. The van der Waals surface area contributed by atoms with Gasteiger partial charge in [0.1, 0.15) is 10.7 Å². The molecule has 2 aromatic heterocycles. The number of halogens is 1. The smallest absolute Gasteiger partial charge is 0.266 e.